The topological polar surface area (TPSA) is 46.3 Å². The average Bonchev–Trinajstić information content (AvgIpc) is 2.81. The molecule has 0 radical (unpaired) electrons. The van der Waals surface area contributed by atoms with Gasteiger partial charge >= 0.3 is 0 Å². The van der Waals surface area contributed by atoms with Gasteiger partial charge in [0.25, 0.3) is 0 Å². The van der Waals surface area contributed by atoms with Crippen LogP contribution in [0.1, 0.15) is 12.8 Å². The van der Waals surface area contributed by atoms with Crippen molar-refractivity contribution in [1.29, 1.82) is 0 Å². The molecular weight excluding hydrogens is 220 g/mol. The Labute approximate surface area is 100.0 Å². The molecule has 1 saturated heterocycles. The van der Waals surface area contributed by atoms with Crippen LogP contribution in [-0.4, -0.2) is 29.6 Å². The smallest absolute Gasteiger partial charge is 0.232 e. The minimum atomic E-state index is 0.249. The van der Waals surface area contributed by atoms with E-state index in [1.54, 1.807) is 11.8 Å². The van der Waals surface area contributed by atoms with Crippen molar-refractivity contribution in [1.82, 2.24) is 4.90 Å². The number of hydrogen-bond acceptors (Lipinski definition) is 3. The molecule has 1 aliphatic rings. The number of benzene rings is 1. The molecule has 0 atom stereocenters. The van der Waals surface area contributed by atoms with Gasteiger partial charge in [-0.3, -0.25) is 4.79 Å². The van der Waals surface area contributed by atoms with Crippen LogP contribution in [0.4, 0.5) is 5.69 Å². The maximum absolute atomic E-state index is 11.8. The molecule has 0 bridgehead atoms. The molecule has 3 nitrogen and oxygen atoms in total. The van der Waals surface area contributed by atoms with Crippen LogP contribution >= 0.6 is 11.8 Å². The highest BCUT2D eigenvalue weighted by Crippen LogP contribution is 2.20. The van der Waals surface area contributed by atoms with E-state index in [0.29, 0.717) is 5.75 Å². The summed E-state index contributed by atoms with van der Waals surface area (Å²) in [4.78, 5) is 14.8. The van der Waals surface area contributed by atoms with E-state index < -0.39 is 0 Å². The van der Waals surface area contributed by atoms with Gasteiger partial charge < -0.3 is 10.6 Å². The Morgan fingerprint density at radius 3 is 2.50 bits per heavy atom. The van der Waals surface area contributed by atoms with Crippen molar-refractivity contribution in [2.75, 3.05) is 24.6 Å². The Morgan fingerprint density at radius 1 is 1.25 bits per heavy atom. The fraction of sp³-hybridized carbons (Fsp3) is 0.417. The monoisotopic (exact) mass is 236 g/mol. The summed E-state index contributed by atoms with van der Waals surface area (Å²) in [5.41, 5.74) is 6.36. The quantitative estimate of drug-likeness (QED) is 0.645. The minimum Gasteiger partial charge on any atom is -0.399 e. The van der Waals surface area contributed by atoms with Crippen LogP contribution in [0.5, 0.6) is 0 Å². The van der Waals surface area contributed by atoms with Crippen LogP contribution in [0, 0.1) is 0 Å². The predicted molar refractivity (Wildman–Crippen MR) is 67.4 cm³/mol. The lowest BCUT2D eigenvalue weighted by Crippen LogP contribution is -2.29. The van der Waals surface area contributed by atoms with Crippen molar-refractivity contribution in [3.63, 3.8) is 0 Å². The summed E-state index contributed by atoms with van der Waals surface area (Å²) < 4.78 is 0. The van der Waals surface area contributed by atoms with E-state index in [9.17, 15) is 4.79 Å². The van der Waals surface area contributed by atoms with Crippen LogP contribution in [0.15, 0.2) is 29.2 Å². The molecule has 0 spiro atoms. The van der Waals surface area contributed by atoms with Gasteiger partial charge in [-0.2, -0.15) is 0 Å². The molecule has 1 aromatic rings. The highest BCUT2D eigenvalue weighted by molar-refractivity contribution is 8.00. The van der Waals surface area contributed by atoms with E-state index in [-0.39, 0.29) is 5.91 Å². The van der Waals surface area contributed by atoms with Crippen molar-refractivity contribution >= 4 is 23.4 Å². The van der Waals surface area contributed by atoms with Crippen LogP contribution in [0.2, 0.25) is 0 Å². The van der Waals surface area contributed by atoms with Crippen molar-refractivity contribution in [2.24, 2.45) is 0 Å². The normalized spacial score (nSPS) is 15.4. The first-order valence-corrected chi connectivity index (χ1v) is 6.50. The number of nitrogens with two attached hydrogens (primary N) is 1. The molecule has 2 N–H and O–H groups in total. The Hall–Kier alpha value is -1.16. The third-order valence-corrected chi connectivity index (χ3v) is 3.70. The number of carbonyl (C=O) groups excluding carboxylic acids is 1. The Morgan fingerprint density at radius 2 is 1.88 bits per heavy atom. The molecule has 4 heteroatoms. The largest absolute Gasteiger partial charge is 0.399 e. The van der Waals surface area contributed by atoms with Gasteiger partial charge in [-0.15, -0.1) is 11.8 Å². The van der Waals surface area contributed by atoms with E-state index in [1.165, 1.54) is 0 Å². The summed E-state index contributed by atoms with van der Waals surface area (Å²) in [6.45, 7) is 1.86. The molecule has 0 aliphatic carbocycles. The zero-order valence-corrected chi connectivity index (χ0v) is 10.0. The van der Waals surface area contributed by atoms with E-state index in [4.69, 9.17) is 5.73 Å². The summed E-state index contributed by atoms with van der Waals surface area (Å²) in [5, 5.41) is 0. The molecule has 0 aromatic heterocycles. The summed E-state index contributed by atoms with van der Waals surface area (Å²) >= 11 is 1.58. The second-order valence-electron chi connectivity index (χ2n) is 3.95. The first-order chi connectivity index (χ1) is 7.75. The number of nitrogen functional groups attached to an aromatic ring is 1. The Balaban J connectivity index is 1.82. The second kappa shape index (κ2) is 5.25. The number of likely N-dealkylation sites (tertiary alicyclic amines) is 1. The van der Waals surface area contributed by atoms with Crippen LogP contribution in [-0.2, 0) is 4.79 Å². The number of anilines is 1. The molecule has 1 aliphatic heterocycles. The van der Waals surface area contributed by atoms with E-state index >= 15 is 0 Å². The number of nitrogens with zero attached hydrogens (tertiary/aromatic N) is 1. The maximum Gasteiger partial charge on any atom is 0.232 e. The van der Waals surface area contributed by atoms with Gasteiger partial charge in [0, 0.05) is 23.7 Å². The zero-order valence-electron chi connectivity index (χ0n) is 9.19. The predicted octanol–water partition coefficient (Wildman–Crippen LogP) is 1.98. The third kappa shape index (κ3) is 2.92. The van der Waals surface area contributed by atoms with Crippen molar-refractivity contribution in [2.45, 2.75) is 17.7 Å². The molecule has 1 amide bonds. The molecule has 1 fully saturated rings. The highest BCUT2D eigenvalue weighted by Gasteiger charge is 2.17. The standard InChI is InChI=1S/C12H16N2OS/c13-10-3-5-11(6-4-10)16-9-12(15)14-7-1-2-8-14/h3-6H,1-2,7-9,13H2. The lowest BCUT2D eigenvalue weighted by Gasteiger charge is -2.14. The van der Waals surface area contributed by atoms with E-state index in [0.717, 1.165) is 36.5 Å². The maximum atomic E-state index is 11.8. The van der Waals surface area contributed by atoms with Gasteiger partial charge in [0.1, 0.15) is 0 Å². The molecule has 0 saturated carbocycles. The van der Waals surface area contributed by atoms with Crippen LogP contribution in [0.3, 0.4) is 0 Å². The number of rotatable bonds is 3. The van der Waals surface area contributed by atoms with Gasteiger partial charge in [0.2, 0.25) is 5.91 Å². The molecule has 0 unspecified atom stereocenters. The summed E-state index contributed by atoms with van der Waals surface area (Å²) in [7, 11) is 0. The molecular formula is C12H16N2OS. The number of thioether (sulfide) groups is 1. The molecule has 1 heterocycles. The summed E-state index contributed by atoms with van der Waals surface area (Å²) in [6.07, 6.45) is 2.30. The third-order valence-electron chi connectivity index (χ3n) is 2.70. The first-order valence-electron chi connectivity index (χ1n) is 5.52. The fourth-order valence-corrected chi connectivity index (χ4v) is 2.57. The summed E-state index contributed by atoms with van der Waals surface area (Å²) in [5.74, 6) is 0.781. The van der Waals surface area contributed by atoms with Crippen LogP contribution < -0.4 is 5.73 Å². The Kier molecular flexibility index (Phi) is 3.72. The highest BCUT2D eigenvalue weighted by atomic mass is 32.2. The zero-order chi connectivity index (χ0) is 11.4. The molecule has 2 rings (SSSR count). The average molecular weight is 236 g/mol. The van der Waals surface area contributed by atoms with Gasteiger partial charge in [0.05, 0.1) is 5.75 Å². The van der Waals surface area contributed by atoms with Crippen molar-refractivity contribution in [3.8, 4) is 0 Å². The van der Waals surface area contributed by atoms with Crippen molar-refractivity contribution < 1.29 is 4.79 Å². The van der Waals surface area contributed by atoms with Crippen molar-refractivity contribution in [3.05, 3.63) is 24.3 Å². The second-order valence-corrected chi connectivity index (χ2v) is 4.99. The first kappa shape index (κ1) is 11.3. The van der Waals surface area contributed by atoms with E-state index in [1.807, 2.05) is 29.2 Å². The Bertz CT molecular complexity index is 358. The van der Waals surface area contributed by atoms with E-state index in [2.05, 4.69) is 0 Å². The lowest BCUT2D eigenvalue weighted by atomic mass is 10.3. The molecule has 16 heavy (non-hydrogen) atoms. The number of carbonyl (C=O) groups is 1. The fourth-order valence-electron chi connectivity index (χ4n) is 1.77. The SMILES string of the molecule is Nc1ccc(SCC(=O)N2CCCC2)cc1. The molecule has 1 aromatic carbocycles. The van der Waals surface area contributed by atoms with Gasteiger partial charge in [-0.1, -0.05) is 0 Å². The summed E-state index contributed by atoms with van der Waals surface area (Å²) in [6, 6.07) is 7.64. The van der Waals surface area contributed by atoms with Gasteiger partial charge in [-0.25, -0.2) is 0 Å². The number of hydrogen-bond donors (Lipinski definition) is 1. The van der Waals surface area contributed by atoms with Crippen LogP contribution in [0.25, 0.3) is 0 Å². The number of amides is 1. The van der Waals surface area contributed by atoms with Gasteiger partial charge in [-0.05, 0) is 37.1 Å². The molecule has 86 valence electrons. The minimum absolute atomic E-state index is 0.249. The lowest BCUT2D eigenvalue weighted by molar-refractivity contribution is -0.127. The van der Waals surface area contributed by atoms with Gasteiger partial charge in [0.15, 0.2) is 0 Å².